The summed E-state index contributed by atoms with van der Waals surface area (Å²) in [6.07, 6.45) is 0. The van der Waals surface area contributed by atoms with Gasteiger partial charge in [-0.3, -0.25) is 0 Å². The first-order valence-electron chi connectivity index (χ1n) is 3.02. The average Bonchev–Trinajstić information content (AvgIpc) is 1.94. The SMILES string of the molecule is Cc1ccccc1NNCl. The van der Waals surface area contributed by atoms with Crippen LogP contribution in [0.2, 0.25) is 0 Å². The molecule has 1 rings (SSSR count). The van der Waals surface area contributed by atoms with E-state index in [-0.39, 0.29) is 0 Å². The van der Waals surface area contributed by atoms with E-state index in [1.165, 1.54) is 0 Å². The lowest BCUT2D eigenvalue weighted by Gasteiger charge is -2.04. The van der Waals surface area contributed by atoms with Gasteiger partial charge >= 0.3 is 0 Å². The Bertz CT molecular complexity index is 213. The van der Waals surface area contributed by atoms with Gasteiger partial charge < -0.3 is 5.43 Å². The van der Waals surface area contributed by atoms with Crippen LogP contribution in [0.25, 0.3) is 0 Å². The Morgan fingerprint density at radius 1 is 1.30 bits per heavy atom. The molecule has 0 heterocycles. The molecule has 0 aliphatic rings. The summed E-state index contributed by atoms with van der Waals surface area (Å²) in [7, 11) is 0. The Morgan fingerprint density at radius 3 is 2.60 bits per heavy atom. The molecule has 10 heavy (non-hydrogen) atoms. The van der Waals surface area contributed by atoms with Gasteiger partial charge in [0.1, 0.15) is 0 Å². The molecule has 1 aromatic carbocycles. The molecule has 0 amide bonds. The van der Waals surface area contributed by atoms with Crippen molar-refractivity contribution >= 4 is 17.5 Å². The van der Waals surface area contributed by atoms with Crippen LogP contribution in [0, 0.1) is 6.92 Å². The normalized spacial score (nSPS) is 9.40. The van der Waals surface area contributed by atoms with E-state index in [1.807, 2.05) is 31.2 Å². The number of nitrogens with one attached hydrogen (secondary N) is 2. The molecule has 0 aromatic heterocycles. The van der Waals surface area contributed by atoms with Crippen molar-refractivity contribution in [3.8, 4) is 0 Å². The molecule has 0 bridgehead atoms. The van der Waals surface area contributed by atoms with Gasteiger partial charge in [-0.1, -0.05) is 18.2 Å². The number of hydrogen-bond donors (Lipinski definition) is 2. The maximum atomic E-state index is 5.25. The summed E-state index contributed by atoms with van der Waals surface area (Å²) in [6, 6.07) is 7.89. The summed E-state index contributed by atoms with van der Waals surface area (Å²) in [6.45, 7) is 2.01. The first-order valence-corrected chi connectivity index (χ1v) is 3.39. The van der Waals surface area contributed by atoms with Crippen molar-refractivity contribution in [2.75, 3.05) is 5.43 Å². The minimum atomic E-state index is 0.998. The van der Waals surface area contributed by atoms with E-state index >= 15 is 0 Å². The van der Waals surface area contributed by atoms with Crippen molar-refractivity contribution < 1.29 is 0 Å². The summed E-state index contributed by atoms with van der Waals surface area (Å²) in [4.78, 5) is 2.35. The second-order valence-corrected chi connectivity index (χ2v) is 2.22. The largest absolute Gasteiger partial charge is 0.307 e. The lowest BCUT2D eigenvalue weighted by atomic mass is 10.2. The predicted octanol–water partition coefficient (Wildman–Crippen LogP) is 2.07. The molecule has 0 aliphatic carbocycles. The summed E-state index contributed by atoms with van der Waals surface area (Å²) in [5, 5.41) is 0. The topological polar surface area (TPSA) is 24.1 Å². The Morgan fingerprint density at radius 2 is 2.00 bits per heavy atom. The molecule has 0 radical (unpaired) electrons. The van der Waals surface area contributed by atoms with Crippen LogP contribution < -0.4 is 10.4 Å². The van der Waals surface area contributed by atoms with E-state index in [0.717, 1.165) is 11.3 Å². The monoisotopic (exact) mass is 156 g/mol. The zero-order chi connectivity index (χ0) is 7.40. The number of aryl methyl sites for hydroxylation is 1. The first kappa shape index (κ1) is 7.38. The van der Waals surface area contributed by atoms with Crippen LogP contribution in [0.15, 0.2) is 24.3 Å². The van der Waals surface area contributed by atoms with Crippen LogP contribution in [0.3, 0.4) is 0 Å². The van der Waals surface area contributed by atoms with Crippen LogP contribution in [-0.2, 0) is 0 Å². The lowest BCUT2D eigenvalue weighted by Crippen LogP contribution is -2.09. The van der Waals surface area contributed by atoms with Crippen molar-refractivity contribution in [2.24, 2.45) is 0 Å². The lowest BCUT2D eigenvalue weighted by molar-refractivity contribution is 1.18. The van der Waals surface area contributed by atoms with Crippen molar-refractivity contribution in [3.05, 3.63) is 29.8 Å². The molecule has 0 spiro atoms. The zero-order valence-corrected chi connectivity index (χ0v) is 6.44. The molecule has 2 N–H and O–H groups in total. The quantitative estimate of drug-likeness (QED) is 0.506. The Kier molecular flexibility index (Phi) is 2.54. The molecule has 0 saturated carbocycles. The van der Waals surface area contributed by atoms with E-state index in [4.69, 9.17) is 11.8 Å². The smallest absolute Gasteiger partial charge is 0.0529 e. The van der Waals surface area contributed by atoms with Gasteiger partial charge in [-0.2, -0.15) is 0 Å². The van der Waals surface area contributed by atoms with Crippen LogP contribution in [0.5, 0.6) is 0 Å². The minimum absolute atomic E-state index is 0.998. The molecule has 1 aromatic rings. The molecular weight excluding hydrogens is 148 g/mol. The highest BCUT2D eigenvalue weighted by Crippen LogP contribution is 2.11. The second kappa shape index (κ2) is 3.44. The van der Waals surface area contributed by atoms with Gasteiger partial charge in [0.05, 0.1) is 5.69 Å². The fraction of sp³-hybridized carbons (Fsp3) is 0.143. The fourth-order valence-corrected chi connectivity index (χ4v) is 0.866. The average molecular weight is 157 g/mol. The van der Waals surface area contributed by atoms with E-state index in [2.05, 4.69) is 10.4 Å². The van der Waals surface area contributed by atoms with Crippen LogP contribution in [0.4, 0.5) is 5.69 Å². The van der Waals surface area contributed by atoms with E-state index in [1.54, 1.807) is 0 Å². The molecule has 3 heteroatoms. The first-order chi connectivity index (χ1) is 4.84. The maximum Gasteiger partial charge on any atom is 0.0529 e. The highest BCUT2D eigenvalue weighted by molar-refractivity contribution is 6.13. The Hall–Kier alpha value is -0.730. The zero-order valence-electron chi connectivity index (χ0n) is 5.69. The molecule has 0 fully saturated rings. The molecule has 0 unspecified atom stereocenters. The Labute approximate surface area is 65.3 Å². The standard InChI is InChI=1S/C7H9ClN2/c1-6-4-2-3-5-7(6)9-10-8/h2-5,9-10H,1H3. The number of hydrogen-bond acceptors (Lipinski definition) is 2. The number of rotatable bonds is 2. The van der Waals surface area contributed by atoms with Crippen LogP contribution in [-0.4, -0.2) is 0 Å². The third-order valence-corrected chi connectivity index (χ3v) is 1.42. The van der Waals surface area contributed by atoms with Crippen molar-refractivity contribution in [1.29, 1.82) is 0 Å². The summed E-state index contributed by atoms with van der Waals surface area (Å²) in [5.41, 5.74) is 4.95. The molecule has 0 aliphatic heterocycles. The van der Waals surface area contributed by atoms with Gasteiger partial charge in [-0.05, 0) is 30.3 Å². The maximum absolute atomic E-state index is 5.25. The van der Waals surface area contributed by atoms with Crippen LogP contribution in [0.1, 0.15) is 5.56 Å². The second-order valence-electron chi connectivity index (χ2n) is 2.03. The molecular formula is C7H9ClN2. The van der Waals surface area contributed by atoms with Crippen LogP contribution >= 0.6 is 11.8 Å². The third-order valence-electron chi connectivity index (χ3n) is 1.33. The molecule has 54 valence electrons. The Balaban J connectivity index is 2.81. The number of para-hydroxylation sites is 1. The van der Waals surface area contributed by atoms with Gasteiger partial charge in [-0.25, -0.2) is 0 Å². The fourth-order valence-electron chi connectivity index (χ4n) is 0.764. The summed E-state index contributed by atoms with van der Waals surface area (Å²) >= 11 is 5.25. The van der Waals surface area contributed by atoms with Gasteiger partial charge in [0.2, 0.25) is 0 Å². The predicted molar refractivity (Wildman–Crippen MR) is 43.8 cm³/mol. The van der Waals surface area contributed by atoms with Crippen molar-refractivity contribution in [2.45, 2.75) is 6.92 Å². The van der Waals surface area contributed by atoms with E-state index < -0.39 is 0 Å². The number of anilines is 1. The summed E-state index contributed by atoms with van der Waals surface area (Å²) < 4.78 is 0. The van der Waals surface area contributed by atoms with Crippen molar-refractivity contribution in [3.63, 3.8) is 0 Å². The van der Waals surface area contributed by atoms with Crippen molar-refractivity contribution in [1.82, 2.24) is 4.94 Å². The molecule has 2 nitrogen and oxygen atoms in total. The van der Waals surface area contributed by atoms with E-state index in [9.17, 15) is 0 Å². The van der Waals surface area contributed by atoms with E-state index in [0.29, 0.717) is 0 Å². The van der Waals surface area contributed by atoms with Gasteiger partial charge in [0.25, 0.3) is 0 Å². The number of benzene rings is 1. The van der Waals surface area contributed by atoms with Gasteiger partial charge in [-0.15, -0.1) is 4.94 Å². The minimum Gasteiger partial charge on any atom is -0.307 e. The number of halogens is 1. The number of hydrazine groups is 1. The summed E-state index contributed by atoms with van der Waals surface area (Å²) in [5.74, 6) is 0. The van der Waals surface area contributed by atoms with Gasteiger partial charge in [0, 0.05) is 0 Å². The highest BCUT2D eigenvalue weighted by Gasteiger charge is 1.91. The third kappa shape index (κ3) is 1.62. The molecule has 0 saturated heterocycles. The molecule has 0 atom stereocenters. The van der Waals surface area contributed by atoms with Gasteiger partial charge in [0.15, 0.2) is 0 Å². The highest BCUT2D eigenvalue weighted by atomic mass is 35.5.